The monoisotopic (exact) mass is 253 g/mol. The summed E-state index contributed by atoms with van der Waals surface area (Å²) in [5.74, 6) is 0. The standard InChI is InChI=1S/C8H12ClNO2S2/c1-7(10-14(11,12)6-9)4-8-2-3-13-5-8/h2-3,5,7,10H,4,6H2,1H3. The lowest BCUT2D eigenvalue weighted by molar-refractivity contribution is 0.564. The Morgan fingerprint density at radius 3 is 2.86 bits per heavy atom. The quantitative estimate of drug-likeness (QED) is 0.814. The fraction of sp³-hybridized carbons (Fsp3) is 0.500. The first-order valence-corrected chi connectivity index (χ1v) is 7.23. The molecule has 14 heavy (non-hydrogen) atoms. The van der Waals surface area contributed by atoms with Crippen molar-refractivity contribution in [2.45, 2.75) is 19.4 Å². The van der Waals surface area contributed by atoms with E-state index in [9.17, 15) is 8.42 Å². The lowest BCUT2D eigenvalue weighted by atomic mass is 10.1. The summed E-state index contributed by atoms with van der Waals surface area (Å²) >= 11 is 6.87. The van der Waals surface area contributed by atoms with E-state index in [0.29, 0.717) is 6.42 Å². The van der Waals surface area contributed by atoms with Crippen molar-refractivity contribution < 1.29 is 8.42 Å². The molecule has 1 rings (SSSR count). The maximum atomic E-state index is 11.1. The molecular weight excluding hydrogens is 242 g/mol. The van der Waals surface area contributed by atoms with E-state index in [2.05, 4.69) is 4.72 Å². The summed E-state index contributed by atoms with van der Waals surface area (Å²) < 4.78 is 24.7. The van der Waals surface area contributed by atoms with Gasteiger partial charge in [-0.2, -0.15) is 11.3 Å². The lowest BCUT2D eigenvalue weighted by Gasteiger charge is -2.11. The fourth-order valence-corrected chi connectivity index (χ4v) is 2.77. The van der Waals surface area contributed by atoms with Crippen LogP contribution in [-0.4, -0.2) is 19.7 Å². The minimum absolute atomic E-state index is 0.117. The number of hydrogen-bond donors (Lipinski definition) is 1. The minimum Gasteiger partial charge on any atom is -0.211 e. The first kappa shape index (κ1) is 12.0. The number of rotatable bonds is 5. The SMILES string of the molecule is CC(Cc1ccsc1)NS(=O)(=O)CCl. The van der Waals surface area contributed by atoms with Gasteiger partial charge in [0.05, 0.1) is 0 Å². The largest absolute Gasteiger partial charge is 0.225 e. The van der Waals surface area contributed by atoms with Crippen molar-refractivity contribution in [2.24, 2.45) is 0 Å². The molecule has 0 saturated heterocycles. The van der Waals surface area contributed by atoms with Gasteiger partial charge in [0, 0.05) is 6.04 Å². The number of nitrogens with one attached hydrogen (secondary N) is 1. The number of alkyl halides is 1. The van der Waals surface area contributed by atoms with Crippen LogP contribution in [0.3, 0.4) is 0 Å². The van der Waals surface area contributed by atoms with Crippen LogP contribution >= 0.6 is 22.9 Å². The van der Waals surface area contributed by atoms with Crippen LogP contribution in [-0.2, 0) is 16.4 Å². The second-order valence-corrected chi connectivity index (χ2v) is 6.20. The van der Waals surface area contributed by atoms with E-state index in [1.54, 1.807) is 11.3 Å². The molecule has 6 heteroatoms. The highest BCUT2D eigenvalue weighted by Crippen LogP contribution is 2.09. The maximum Gasteiger partial charge on any atom is 0.225 e. The Morgan fingerprint density at radius 1 is 1.64 bits per heavy atom. The lowest BCUT2D eigenvalue weighted by Crippen LogP contribution is -2.34. The topological polar surface area (TPSA) is 46.2 Å². The Balaban J connectivity index is 2.48. The van der Waals surface area contributed by atoms with Gasteiger partial charge < -0.3 is 0 Å². The number of hydrogen-bond acceptors (Lipinski definition) is 3. The predicted molar refractivity (Wildman–Crippen MR) is 60.3 cm³/mol. The average molecular weight is 254 g/mol. The van der Waals surface area contributed by atoms with Crippen molar-refractivity contribution in [3.8, 4) is 0 Å². The van der Waals surface area contributed by atoms with Gasteiger partial charge in [-0.15, -0.1) is 11.6 Å². The smallest absolute Gasteiger partial charge is 0.211 e. The van der Waals surface area contributed by atoms with Crippen molar-refractivity contribution in [1.29, 1.82) is 0 Å². The molecule has 0 aliphatic rings. The number of sulfonamides is 1. The summed E-state index contributed by atoms with van der Waals surface area (Å²) in [5, 5.41) is 3.59. The highest BCUT2D eigenvalue weighted by Gasteiger charge is 2.13. The molecular formula is C8H12ClNO2S2. The molecule has 1 unspecified atom stereocenters. The third kappa shape index (κ3) is 3.96. The second kappa shape index (κ2) is 5.11. The molecule has 0 bridgehead atoms. The zero-order valence-electron chi connectivity index (χ0n) is 7.73. The Kier molecular flexibility index (Phi) is 4.37. The van der Waals surface area contributed by atoms with Crippen molar-refractivity contribution in [1.82, 2.24) is 4.72 Å². The molecule has 1 aromatic heterocycles. The van der Waals surface area contributed by atoms with Gasteiger partial charge in [-0.3, -0.25) is 0 Å². The zero-order chi connectivity index (χ0) is 10.6. The van der Waals surface area contributed by atoms with Gasteiger partial charge in [-0.05, 0) is 35.7 Å². The summed E-state index contributed by atoms with van der Waals surface area (Å²) in [5.41, 5.74) is 1.14. The Morgan fingerprint density at radius 2 is 2.36 bits per heavy atom. The van der Waals surface area contributed by atoms with Crippen LogP contribution in [0.25, 0.3) is 0 Å². The molecule has 0 amide bonds. The van der Waals surface area contributed by atoms with Gasteiger partial charge in [0.15, 0.2) is 0 Å². The molecule has 0 fully saturated rings. The minimum atomic E-state index is -3.30. The highest BCUT2D eigenvalue weighted by atomic mass is 35.5. The molecule has 0 radical (unpaired) electrons. The number of thiophene rings is 1. The van der Waals surface area contributed by atoms with Crippen LogP contribution < -0.4 is 4.72 Å². The average Bonchev–Trinajstić information content (AvgIpc) is 2.55. The Bertz CT molecular complexity index is 361. The summed E-state index contributed by atoms with van der Waals surface area (Å²) in [6.07, 6.45) is 0.694. The fourth-order valence-electron chi connectivity index (χ4n) is 1.14. The Hall–Kier alpha value is -0.100. The van der Waals surface area contributed by atoms with E-state index in [0.717, 1.165) is 5.56 Å². The molecule has 0 saturated carbocycles. The molecule has 1 heterocycles. The van der Waals surface area contributed by atoms with Crippen molar-refractivity contribution in [3.63, 3.8) is 0 Å². The maximum absolute atomic E-state index is 11.1. The van der Waals surface area contributed by atoms with Gasteiger partial charge >= 0.3 is 0 Å². The molecule has 0 aliphatic heterocycles. The van der Waals surface area contributed by atoms with Crippen molar-refractivity contribution >= 4 is 33.0 Å². The van der Waals surface area contributed by atoms with Crippen LogP contribution in [0.2, 0.25) is 0 Å². The van der Waals surface area contributed by atoms with Gasteiger partial charge in [0.25, 0.3) is 0 Å². The summed E-state index contributed by atoms with van der Waals surface area (Å²) in [7, 11) is -3.30. The predicted octanol–water partition coefficient (Wildman–Crippen LogP) is 1.79. The molecule has 3 nitrogen and oxygen atoms in total. The van der Waals surface area contributed by atoms with Gasteiger partial charge in [-0.25, -0.2) is 13.1 Å². The van der Waals surface area contributed by atoms with E-state index in [1.807, 2.05) is 23.8 Å². The first-order chi connectivity index (χ1) is 6.53. The van der Waals surface area contributed by atoms with Crippen LogP contribution in [0, 0.1) is 0 Å². The summed E-state index contributed by atoms with van der Waals surface area (Å²) in [6, 6.07) is 1.87. The van der Waals surface area contributed by atoms with E-state index in [4.69, 9.17) is 11.6 Å². The molecule has 1 aromatic rings. The summed E-state index contributed by atoms with van der Waals surface area (Å²) in [6.45, 7) is 1.82. The highest BCUT2D eigenvalue weighted by molar-refractivity contribution is 7.90. The molecule has 80 valence electrons. The van der Waals surface area contributed by atoms with Crippen molar-refractivity contribution in [2.75, 3.05) is 5.21 Å². The normalized spacial score (nSPS) is 14.1. The third-order valence-electron chi connectivity index (χ3n) is 1.65. The molecule has 1 atom stereocenters. The second-order valence-electron chi connectivity index (χ2n) is 3.08. The zero-order valence-corrected chi connectivity index (χ0v) is 10.1. The van der Waals surface area contributed by atoms with Gasteiger partial charge in [0.1, 0.15) is 5.21 Å². The number of halogens is 1. The van der Waals surface area contributed by atoms with E-state index >= 15 is 0 Å². The Labute approximate surface area is 93.1 Å². The summed E-state index contributed by atoms with van der Waals surface area (Å²) in [4.78, 5) is 0. The van der Waals surface area contributed by atoms with Gasteiger partial charge in [0.2, 0.25) is 10.0 Å². The van der Waals surface area contributed by atoms with Crippen LogP contribution in [0.15, 0.2) is 16.8 Å². The van der Waals surface area contributed by atoms with E-state index in [-0.39, 0.29) is 11.3 Å². The van der Waals surface area contributed by atoms with Crippen LogP contribution in [0.5, 0.6) is 0 Å². The first-order valence-electron chi connectivity index (χ1n) is 4.10. The van der Waals surface area contributed by atoms with Gasteiger partial charge in [-0.1, -0.05) is 0 Å². The van der Waals surface area contributed by atoms with Crippen molar-refractivity contribution in [3.05, 3.63) is 22.4 Å². The van der Waals surface area contributed by atoms with Crippen LogP contribution in [0.4, 0.5) is 0 Å². The van der Waals surface area contributed by atoms with E-state index < -0.39 is 10.0 Å². The molecule has 0 aromatic carbocycles. The van der Waals surface area contributed by atoms with Crippen LogP contribution in [0.1, 0.15) is 12.5 Å². The van der Waals surface area contributed by atoms with E-state index in [1.165, 1.54) is 0 Å². The molecule has 0 spiro atoms. The third-order valence-corrected chi connectivity index (χ3v) is 4.29. The molecule has 1 N–H and O–H groups in total. The molecule has 0 aliphatic carbocycles.